The van der Waals surface area contributed by atoms with Crippen molar-refractivity contribution in [3.05, 3.63) is 11.9 Å². The summed E-state index contributed by atoms with van der Waals surface area (Å²) >= 11 is 0. The van der Waals surface area contributed by atoms with E-state index in [4.69, 9.17) is 0 Å². The zero-order chi connectivity index (χ0) is 16.3. The van der Waals surface area contributed by atoms with Crippen LogP contribution in [0.25, 0.3) is 0 Å². The third-order valence-electron chi connectivity index (χ3n) is 3.99. The quantitative estimate of drug-likeness (QED) is 0.898. The van der Waals surface area contributed by atoms with Crippen LogP contribution >= 0.6 is 0 Å². The predicted molar refractivity (Wildman–Crippen MR) is 67.9 cm³/mol. The fourth-order valence-corrected chi connectivity index (χ4v) is 3.91. The highest BCUT2D eigenvalue weighted by Gasteiger charge is 2.52. The van der Waals surface area contributed by atoms with Gasteiger partial charge in [0.05, 0.1) is 0 Å². The van der Waals surface area contributed by atoms with Gasteiger partial charge in [-0.15, -0.1) is 0 Å². The molecule has 2 aliphatic rings. The summed E-state index contributed by atoms with van der Waals surface area (Å²) in [6.45, 7) is 0. The first-order valence-electron chi connectivity index (χ1n) is 6.77. The Morgan fingerprint density at radius 3 is 2.59 bits per heavy atom. The lowest BCUT2D eigenvalue weighted by molar-refractivity contribution is -0.143. The van der Waals surface area contributed by atoms with Crippen molar-refractivity contribution in [2.45, 2.75) is 30.3 Å². The Balaban J connectivity index is 1.80. The largest absolute Gasteiger partial charge is 0.436 e. The number of nitrogens with one attached hydrogen (secondary N) is 1. The molecular weight excluding hydrogens is 323 g/mol. The standard InChI is InChI=1S/C12H14F3N3O3S/c1-18-5-9(10(16-18)12(13,14)15)22(20,21)17-11(19)8-4-7(8)6-2-3-6/h5-8H,2-4H2,1H3,(H,17,19)/t7-,8+/m1/s1. The second-order valence-electron chi connectivity index (χ2n) is 5.83. The Kier molecular flexibility index (Phi) is 3.28. The highest BCUT2D eigenvalue weighted by Crippen LogP contribution is 2.54. The molecule has 3 rings (SSSR count). The molecule has 122 valence electrons. The van der Waals surface area contributed by atoms with Crippen molar-refractivity contribution < 1.29 is 26.4 Å². The summed E-state index contributed by atoms with van der Waals surface area (Å²) in [6, 6.07) is 0. The van der Waals surface area contributed by atoms with Gasteiger partial charge < -0.3 is 0 Å². The zero-order valence-corrected chi connectivity index (χ0v) is 12.4. The van der Waals surface area contributed by atoms with Crippen molar-refractivity contribution in [2.75, 3.05) is 0 Å². The van der Waals surface area contributed by atoms with Crippen LogP contribution in [0.5, 0.6) is 0 Å². The highest BCUT2D eigenvalue weighted by molar-refractivity contribution is 7.90. The first-order chi connectivity index (χ1) is 10.1. The van der Waals surface area contributed by atoms with Crippen molar-refractivity contribution in [2.24, 2.45) is 24.8 Å². The lowest BCUT2D eigenvalue weighted by Crippen LogP contribution is -2.33. The van der Waals surface area contributed by atoms with Crippen molar-refractivity contribution >= 4 is 15.9 Å². The summed E-state index contributed by atoms with van der Waals surface area (Å²) < 4.78 is 65.1. The summed E-state index contributed by atoms with van der Waals surface area (Å²) in [7, 11) is -3.41. The minimum atomic E-state index is -4.91. The molecule has 0 radical (unpaired) electrons. The Labute approximate surface area is 124 Å². The number of hydrogen-bond donors (Lipinski definition) is 1. The number of sulfonamides is 1. The van der Waals surface area contributed by atoms with Gasteiger partial charge in [0.1, 0.15) is 4.90 Å². The number of nitrogens with zero attached hydrogens (tertiary/aromatic N) is 2. The first kappa shape index (κ1) is 15.3. The van der Waals surface area contributed by atoms with Gasteiger partial charge >= 0.3 is 6.18 Å². The Morgan fingerprint density at radius 2 is 2.05 bits per heavy atom. The Bertz CT molecular complexity index is 722. The van der Waals surface area contributed by atoms with Gasteiger partial charge in [0.2, 0.25) is 5.91 Å². The first-order valence-corrected chi connectivity index (χ1v) is 8.25. The van der Waals surface area contributed by atoms with Crippen LogP contribution in [0.4, 0.5) is 13.2 Å². The van der Waals surface area contributed by atoms with E-state index < -0.39 is 38.6 Å². The SMILES string of the molecule is Cn1cc(S(=O)(=O)NC(=O)[C@H]2C[C@@H]2C2CC2)c(C(F)(F)F)n1. The molecule has 1 aromatic heterocycles. The molecular formula is C12H14F3N3O3S. The zero-order valence-electron chi connectivity index (χ0n) is 11.6. The molecule has 0 aliphatic heterocycles. The number of aryl methyl sites for hydroxylation is 1. The number of carbonyl (C=O) groups excluding carboxylic acids is 1. The second kappa shape index (κ2) is 4.71. The van der Waals surface area contributed by atoms with Crippen molar-refractivity contribution in [3.8, 4) is 0 Å². The summed E-state index contributed by atoms with van der Waals surface area (Å²) in [4.78, 5) is 10.9. The van der Waals surface area contributed by atoms with Gasteiger partial charge in [-0.3, -0.25) is 9.48 Å². The molecule has 0 aromatic carbocycles. The molecule has 1 amide bonds. The van der Waals surface area contributed by atoms with E-state index >= 15 is 0 Å². The lowest BCUT2D eigenvalue weighted by atomic mass is 10.2. The van der Waals surface area contributed by atoms with Crippen LogP contribution in [0.3, 0.4) is 0 Å². The van der Waals surface area contributed by atoms with Crippen molar-refractivity contribution in [1.82, 2.24) is 14.5 Å². The smallest absolute Gasteiger partial charge is 0.274 e. The summed E-state index contributed by atoms with van der Waals surface area (Å²) in [5, 5.41) is 3.13. The van der Waals surface area contributed by atoms with E-state index in [2.05, 4.69) is 5.10 Å². The monoisotopic (exact) mass is 337 g/mol. The molecule has 1 N–H and O–H groups in total. The van der Waals surface area contributed by atoms with Crippen LogP contribution in [0, 0.1) is 17.8 Å². The fraction of sp³-hybridized carbons (Fsp3) is 0.667. The minimum Gasteiger partial charge on any atom is -0.274 e. The molecule has 1 aromatic rings. The summed E-state index contributed by atoms with van der Waals surface area (Å²) in [5.74, 6) is -0.504. The number of hydrogen-bond acceptors (Lipinski definition) is 4. The van der Waals surface area contributed by atoms with Gasteiger partial charge in [0, 0.05) is 19.2 Å². The van der Waals surface area contributed by atoms with Crippen LogP contribution in [-0.2, 0) is 28.0 Å². The molecule has 2 aliphatic carbocycles. The van der Waals surface area contributed by atoms with E-state index in [0.717, 1.165) is 23.7 Å². The van der Waals surface area contributed by atoms with E-state index in [-0.39, 0.29) is 5.92 Å². The van der Waals surface area contributed by atoms with Gasteiger partial charge in [-0.1, -0.05) is 0 Å². The van der Waals surface area contributed by atoms with Gasteiger partial charge in [0.25, 0.3) is 10.0 Å². The number of amides is 1. The molecule has 1 heterocycles. The molecule has 0 unspecified atom stereocenters. The van der Waals surface area contributed by atoms with Crippen LogP contribution < -0.4 is 4.72 Å². The van der Waals surface area contributed by atoms with E-state index in [9.17, 15) is 26.4 Å². The molecule has 0 saturated heterocycles. The van der Waals surface area contributed by atoms with Crippen LogP contribution in [-0.4, -0.2) is 24.1 Å². The van der Waals surface area contributed by atoms with E-state index in [1.807, 2.05) is 0 Å². The molecule has 2 atom stereocenters. The third kappa shape index (κ3) is 2.83. The Hall–Kier alpha value is -1.58. The van der Waals surface area contributed by atoms with Gasteiger partial charge in [0.15, 0.2) is 5.69 Å². The molecule has 22 heavy (non-hydrogen) atoms. The van der Waals surface area contributed by atoms with Crippen LogP contribution in [0.2, 0.25) is 0 Å². The molecule has 10 heteroatoms. The lowest BCUT2D eigenvalue weighted by Gasteiger charge is -2.08. The number of aromatic nitrogens is 2. The highest BCUT2D eigenvalue weighted by atomic mass is 32.2. The molecule has 0 spiro atoms. The normalized spacial score (nSPS) is 25.1. The fourth-order valence-electron chi connectivity index (χ4n) is 2.68. The maximum Gasteiger partial charge on any atom is 0.436 e. The maximum atomic E-state index is 12.8. The van der Waals surface area contributed by atoms with Gasteiger partial charge in [-0.2, -0.15) is 18.3 Å². The van der Waals surface area contributed by atoms with E-state index in [1.54, 1.807) is 4.72 Å². The van der Waals surface area contributed by atoms with Crippen LogP contribution in [0.1, 0.15) is 25.0 Å². The van der Waals surface area contributed by atoms with E-state index in [0.29, 0.717) is 12.3 Å². The number of alkyl halides is 3. The topological polar surface area (TPSA) is 81.1 Å². The molecule has 2 saturated carbocycles. The second-order valence-corrected chi connectivity index (χ2v) is 7.48. The maximum absolute atomic E-state index is 12.8. The predicted octanol–water partition coefficient (Wildman–Crippen LogP) is 1.29. The number of rotatable bonds is 4. The molecule has 2 fully saturated rings. The van der Waals surface area contributed by atoms with Crippen molar-refractivity contribution in [3.63, 3.8) is 0 Å². The van der Waals surface area contributed by atoms with Crippen LogP contribution in [0.15, 0.2) is 11.1 Å². The van der Waals surface area contributed by atoms with E-state index in [1.165, 1.54) is 7.05 Å². The molecule has 6 nitrogen and oxygen atoms in total. The summed E-state index contributed by atoms with van der Waals surface area (Å²) in [6.07, 6.45) is -1.51. The number of carbonyl (C=O) groups is 1. The minimum absolute atomic E-state index is 0.172. The van der Waals surface area contributed by atoms with Gasteiger partial charge in [-0.05, 0) is 31.1 Å². The molecule has 0 bridgehead atoms. The average molecular weight is 337 g/mol. The summed E-state index contributed by atoms with van der Waals surface area (Å²) in [5.41, 5.74) is -1.52. The van der Waals surface area contributed by atoms with Gasteiger partial charge in [-0.25, -0.2) is 13.1 Å². The third-order valence-corrected chi connectivity index (χ3v) is 5.34. The Morgan fingerprint density at radius 1 is 1.41 bits per heavy atom. The average Bonchev–Trinajstić information content (AvgIpc) is 3.23. The van der Waals surface area contributed by atoms with Crippen molar-refractivity contribution in [1.29, 1.82) is 0 Å². The number of halogens is 3.